The van der Waals surface area contributed by atoms with Crippen LogP contribution in [0.15, 0.2) is 83.8 Å². The summed E-state index contributed by atoms with van der Waals surface area (Å²) >= 11 is 0. The fourth-order valence-corrected chi connectivity index (χ4v) is 6.15. The maximum atomic E-state index is 13.7. The van der Waals surface area contributed by atoms with Crippen LogP contribution >= 0.6 is 0 Å². The summed E-state index contributed by atoms with van der Waals surface area (Å²) in [7, 11) is -3.67. The molecule has 1 aromatic heterocycles. The third-order valence-electron chi connectivity index (χ3n) is 6.05. The average Bonchev–Trinajstić information content (AvgIpc) is 3.09. The Morgan fingerprint density at radius 1 is 0.862 bits per heavy atom. The van der Waals surface area contributed by atoms with Crippen molar-refractivity contribution in [1.29, 1.82) is 0 Å². The molecule has 4 heteroatoms. The summed E-state index contributed by atoms with van der Waals surface area (Å²) in [6, 6.07) is 25.5. The number of fused-ring (bicyclic) bond motifs is 3. The Balaban J connectivity index is 1.71. The number of hydrogen-bond donors (Lipinski definition) is 0. The van der Waals surface area contributed by atoms with Crippen molar-refractivity contribution in [1.82, 2.24) is 3.97 Å². The SMILES string of the molecule is Cc1ccc(S(=O)(=O)n2c3c(c4ccccc42)CC[C@@H](c2ccccc2)C3)cc1. The minimum atomic E-state index is -3.67. The first-order chi connectivity index (χ1) is 14.1. The van der Waals surface area contributed by atoms with E-state index >= 15 is 0 Å². The van der Waals surface area contributed by atoms with Gasteiger partial charge in [-0.05, 0) is 61.4 Å². The summed E-state index contributed by atoms with van der Waals surface area (Å²) in [5, 5.41) is 1.06. The van der Waals surface area contributed by atoms with E-state index in [1.165, 1.54) is 11.1 Å². The van der Waals surface area contributed by atoms with Gasteiger partial charge in [-0.3, -0.25) is 0 Å². The first kappa shape index (κ1) is 18.2. The quantitative estimate of drug-likeness (QED) is 0.457. The van der Waals surface area contributed by atoms with E-state index in [9.17, 15) is 8.42 Å². The highest BCUT2D eigenvalue weighted by molar-refractivity contribution is 7.90. The number of aryl methyl sites for hydroxylation is 2. The third kappa shape index (κ3) is 2.99. The van der Waals surface area contributed by atoms with Gasteiger partial charge in [-0.2, -0.15) is 0 Å². The predicted molar refractivity (Wildman–Crippen MR) is 117 cm³/mol. The van der Waals surface area contributed by atoms with Gasteiger partial charge in [-0.25, -0.2) is 12.4 Å². The average molecular weight is 402 g/mol. The normalized spacial score (nSPS) is 16.7. The smallest absolute Gasteiger partial charge is 0.238 e. The van der Waals surface area contributed by atoms with Gasteiger partial charge in [0.25, 0.3) is 10.0 Å². The van der Waals surface area contributed by atoms with Crippen molar-refractivity contribution in [3.8, 4) is 0 Å². The van der Waals surface area contributed by atoms with Crippen molar-refractivity contribution in [3.63, 3.8) is 0 Å². The van der Waals surface area contributed by atoms with E-state index in [0.717, 1.165) is 41.4 Å². The van der Waals surface area contributed by atoms with Crippen LogP contribution < -0.4 is 0 Å². The Morgan fingerprint density at radius 3 is 2.31 bits per heavy atom. The van der Waals surface area contributed by atoms with Crippen LogP contribution in [0.25, 0.3) is 10.9 Å². The molecule has 0 amide bonds. The second-order valence-electron chi connectivity index (χ2n) is 7.88. The summed E-state index contributed by atoms with van der Waals surface area (Å²) in [5.74, 6) is 0.333. The summed E-state index contributed by atoms with van der Waals surface area (Å²) < 4.78 is 29.0. The van der Waals surface area contributed by atoms with E-state index in [2.05, 4.69) is 30.3 Å². The van der Waals surface area contributed by atoms with Crippen LogP contribution in [-0.2, 0) is 22.9 Å². The molecule has 0 radical (unpaired) electrons. The molecule has 1 atom stereocenters. The molecule has 0 saturated heterocycles. The zero-order valence-electron chi connectivity index (χ0n) is 16.4. The van der Waals surface area contributed by atoms with Gasteiger partial charge in [-0.15, -0.1) is 0 Å². The van der Waals surface area contributed by atoms with Gasteiger partial charge in [0, 0.05) is 11.1 Å². The molecule has 146 valence electrons. The molecular formula is C25H23NO2S. The second kappa shape index (κ2) is 6.89. The maximum Gasteiger partial charge on any atom is 0.268 e. The summed E-state index contributed by atoms with van der Waals surface area (Å²) in [6.07, 6.45) is 2.67. The van der Waals surface area contributed by atoms with Crippen molar-refractivity contribution in [2.75, 3.05) is 0 Å². The fourth-order valence-electron chi connectivity index (χ4n) is 4.57. The van der Waals surface area contributed by atoms with Crippen molar-refractivity contribution in [2.24, 2.45) is 0 Å². The highest BCUT2D eigenvalue weighted by atomic mass is 32.2. The van der Waals surface area contributed by atoms with Crippen LogP contribution in [0.3, 0.4) is 0 Å². The summed E-state index contributed by atoms with van der Waals surface area (Å²) in [4.78, 5) is 0.341. The number of hydrogen-bond acceptors (Lipinski definition) is 2. The number of rotatable bonds is 3. The van der Waals surface area contributed by atoms with Crippen molar-refractivity contribution >= 4 is 20.9 Å². The van der Waals surface area contributed by atoms with Gasteiger partial charge < -0.3 is 0 Å². The topological polar surface area (TPSA) is 39.1 Å². The van der Waals surface area contributed by atoms with E-state index in [1.54, 1.807) is 16.1 Å². The maximum absolute atomic E-state index is 13.7. The van der Waals surface area contributed by atoms with E-state index < -0.39 is 10.0 Å². The second-order valence-corrected chi connectivity index (χ2v) is 9.66. The van der Waals surface area contributed by atoms with Crippen LogP contribution in [0.5, 0.6) is 0 Å². The molecule has 1 aliphatic carbocycles. The van der Waals surface area contributed by atoms with Gasteiger partial charge >= 0.3 is 0 Å². The minimum absolute atomic E-state index is 0.333. The molecule has 4 aromatic rings. The molecule has 3 nitrogen and oxygen atoms in total. The Labute approximate surface area is 171 Å². The molecule has 0 saturated carbocycles. The molecular weight excluding hydrogens is 378 g/mol. The number of para-hydroxylation sites is 1. The lowest BCUT2D eigenvalue weighted by atomic mass is 9.82. The molecule has 0 N–H and O–H groups in total. The molecule has 1 aliphatic rings. The molecule has 0 bridgehead atoms. The standard InChI is InChI=1S/C25H23NO2S/c1-18-11-14-21(15-12-18)29(27,28)26-24-10-6-5-9-22(24)23-16-13-20(17-25(23)26)19-7-3-2-4-8-19/h2-12,14-15,20H,13,16-17H2,1H3/t20-/m1/s1. The molecule has 0 aliphatic heterocycles. The zero-order valence-corrected chi connectivity index (χ0v) is 17.2. The molecule has 3 aromatic carbocycles. The first-order valence-electron chi connectivity index (χ1n) is 10.0. The van der Waals surface area contributed by atoms with Gasteiger partial charge in [-0.1, -0.05) is 66.2 Å². The Hall–Kier alpha value is -2.85. The Morgan fingerprint density at radius 2 is 1.55 bits per heavy atom. The molecule has 0 unspecified atom stereocenters. The van der Waals surface area contributed by atoms with Crippen LogP contribution in [0, 0.1) is 6.92 Å². The first-order valence-corrected chi connectivity index (χ1v) is 11.5. The van der Waals surface area contributed by atoms with Gasteiger partial charge in [0.1, 0.15) is 0 Å². The van der Waals surface area contributed by atoms with Crippen molar-refractivity contribution in [2.45, 2.75) is 37.0 Å². The monoisotopic (exact) mass is 401 g/mol. The van der Waals surface area contributed by atoms with Crippen LogP contribution in [0.1, 0.15) is 34.7 Å². The van der Waals surface area contributed by atoms with E-state index in [4.69, 9.17) is 0 Å². The highest BCUT2D eigenvalue weighted by Crippen LogP contribution is 2.39. The largest absolute Gasteiger partial charge is 0.268 e. The molecule has 0 spiro atoms. The molecule has 1 heterocycles. The van der Waals surface area contributed by atoms with Crippen molar-refractivity contribution < 1.29 is 8.42 Å². The van der Waals surface area contributed by atoms with E-state index in [1.807, 2.05) is 43.3 Å². The number of nitrogens with zero attached hydrogens (tertiary/aromatic N) is 1. The highest BCUT2D eigenvalue weighted by Gasteiger charge is 2.31. The Kier molecular flexibility index (Phi) is 4.32. The van der Waals surface area contributed by atoms with E-state index in [-0.39, 0.29) is 0 Å². The zero-order chi connectivity index (χ0) is 20.0. The predicted octanol–water partition coefficient (Wildman–Crippen LogP) is 5.46. The number of aromatic nitrogens is 1. The molecule has 29 heavy (non-hydrogen) atoms. The van der Waals surface area contributed by atoms with E-state index in [0.29, 0.717) is 10.8 Å². The molecule has 0 fully saturated rings. The minimum Gasteiger partial charge on any atom is -0.238 e. The summed E-state index contributed by atoms with van der Waals surface area (Å²) in [5.41, 5.74) is 5.23. The van der Waals surface area contributed by atoms with Crippen LogP contribution in [0.2, 0.25) is 0 Å². The fraction of sp³-hybridized carbons (Fsp3) is 0.200. The number of benzene rings is 3. The molecule has 5 rings (SSSR count). The summed E-state index contributed by atoms with van der Waals surface area (Å²) in [6.45, 7) is 1.97. The Bertz CT molecular complexity index is 1290. The van der Waals surface area contributed by atoms with Crippen LogP contribution in [-0.4, -0.2) is 12.4 Å². The van der Waals surface area contributed by atoms with Gasteiger partial charge in [0.2, 0.25) is 0 Å². The lowest BCUT2D eigenvalue weighted by Crippen LogP contribution is -2.20. The lowest BCUT2D eigenvalue weighted by Gasteiger charge is -2.24. The van der Waals surface area contributed by atoms with Crippen LogP contribution in [0.4, 0.5) is 0 Å². The van der Waals surface area contributed by atoms with Gasteiger partial charge in [0.05, 0.1) is 10.4 Å². The lowest BCUT2D eigenvalue weighted by molar-refractivity contribution is 0.560. The van der Waals surface area contributed by atoms with Gasteiger partial charge in [0.15, 0.2) is 0 Å². The third-order valence-corrected chi connectivity index (χ3v) is 7.82. The van der Waals surface area contributed by atoms with Crippen molar-refractivity contribution in [3.05, 3.63) is 101 Å².